The highest BCUT2D eigenvalue weighted by molar-refractivity contribution is 9.10. The topological polar surface area (TPSA) is 26.3 Å². The molecule has 0 aliphatic carbocycles. The number of halogens is 2. The van der Waals surface area contributed by atoms with Crippen molar-refractivity contribution in [3.63, 3.8) is 0 Å². The Balaban J connectivity index is 1.98. The largest absolute Gasteiger partial charge is 0.456 e. The monoisotopic (exact) mass is 438 g/mol. The molecular weight excluding hydrogens is 427 g/mol. The molecule has 0 spiro atoms. The van der Waals surface area contributed by atoms with Crippen LogP contribution in [0.2, 0.25) is 0 Å². The summed E-state index contributed by atoms with van der Waals surface area (Å²) in [6.45, 7) is 1.74. The van der Waals surface area contributed by atoms with Gasteiger partial charge in [-0.1, -0.05) is 56.1 Å². The van der Waals surface area contributed by atoms with Crippen molar-refractivity contribution in [1.29, 1.82) is 0 Å². The first-order valence-corrected chi connectivity index (χ1v) is 10.5. The summed E-state index contributed by atoms with van der Waals surface area (Å²) in [6.07, 6.45) is 0. The second-order valence-electron chi connectivity index (χ2n) is 5.16. The first-order chi connectivity index (χ1) is 10.4. The van der Waals surface area contributed by atoms with Crippen LogP contribution in [0.1, 0.15) is 11.1 Å². The van der Waals surface area contributed by atoms with Gasteiger partial charge in [0.25, 0.3) is 0 Å². The summed E-state index contributed by atoms with van der Waals surface area (Å²) < 4.78 is 20.7. The predicted octanol–water partition coefficient (Wildman–Crippen LogP) is 6.53. The molecule has 112 valence electrons. The van der Waals surface area contributed by atoms with E-state index < -0.39 is 7.14 Å². The lowest BCUT2D eigenvalue weighted by atomic mass is 10.2. The van der Waals surface area contributed by atoms with Gasteiger partial charge >= 0.3 is 0 Å². The fraction of sp³-hybridized carbons (Fsp3) is 0.0588. The molecule has 5 heteroatoms. The van der Waals surface area contributed by atoms with Crippen LogP contribution in [-0.2, 0) is 9.30 Å². The fourth-order valence-electron chi connectivity index (χ4n) is 2.17. The minimum absolute atomic E-state index is 0.638. The first-order valence-electron chi connectivity index (χ1n) is 6.65. The second-order valence-corrected chi connectivity index (χ2v) is 9.63. The Hall–Kier alpha value is -1.09. The normalized spacial score (nSPS) is 16.5. The van der Waals surface area contributed by atoms with Crippen molar-refractivity contribution in [2.24, 2.45) is 0 Å². The first kappa shape index (κ1) is 15.8. The summed E-state index contributed by atoms with van der Waals surface area (Å²) >= 11 is 6.83. The van der Waals surface area contributed by atoms with Gasteiger partial charge in [0, 0.05) is 31.7 Å². The lowest BCUT2D eigenvalue weighted by Gasteiger charge is -2.20. The van der Waals surface area contributed by atoms with Gasteiger partial charge in [-0.05, 0) is 30.9 Å². The highest BCUT2D eigenvalue weighted by Crippen LogP contribution is 2.53. The van der Waals surface area contributed by atoms with E-state index in [1.54, 1.807) is 18.3 Å². The molecule has 3 rings (SSSR count). The lowest BCUT2D eigenvalue weighted by Crippen LogP contribution is -1.98. The van der Waals surface area contributed by atoms with Crippen molar-refractivity contribution >= 4 is 50.5 Å². The Morgan fingerprint density at radius 3 is 1.50 bits per heavy atom. The van der Waals surface area contributed by atoms with Gasteiger partial charge in [-0.25, -0.2) is 0 Å². The zero-order chi connectivity index (χ0) is 15.7. The van der Waals surface area contributed by atoms with Crippen molar-refractivity contribution in [1.82, 2.24) is 0 Å². The molecule has 0 unspecified atom stereocenters. The molecule has 1 heterocycles. The third-order valence-corrected chi connectivity index (χ3v) is 5.78. The van der Waals surface area contributed by atoms with E-state index in [0.29, 0.717) is 11.5 Å². The molecular formula is C17H13Br2O2P. The smallest absolute Gasteiger partial charge is 0.138 e. The van der Waals surface area contributed by atoms with Crippen LogP contribution in [0.3, 0.4) is 0 Å². The molecule has 0 amide bonds. The van der Waals surface area contributed by atoms with Gasteiger partial charge < -0.3 is 9.30 Å². The van der Waals surface area contributed by atoms with Crippen LogP contribution in [0.15, 0.2) is 69.1 Å². The molecule has 2 aromatic carbocycles. The maximum absolute atomic E-state index is 12.7. The van der Waals surface area contributed by atoms with Gasteiger partial charge in [-0.3, -0.25) is 0 Å². The third kappa shape index (κ3) is 3.62. The minimum Gasteiger partial charge on any atom is -0.456 e. The van der Waals surface area contributed by atoms with E-state index >= 15 is 0 Å². The van der Waals surface area contributed by atoms with E-state index in [2.05, 4.69) is 31.9 Å². The molecule has 0 aromatic heterocycles. The van der Waals surface area contributed by atoms with E-state index in [-0.39, 0.29) is 0 Å². The molecule has 0 saturated heterocycles. The van der Waals surface area contributed by atoms with E-state index in [1.807, 2.05) is 48.5 Å². The van der Waals surface area contributed by atoms with E-state index in [4.69, 9.17) is 4.74 Å². The van der Waals surface area contributed by atoms with E-state index in [9.17, 15) is 4.57 Å². The van der Waals surface area contributed by atoms with Crippen LogP contribution in [0.4, 0.5) is 0 Å². The number of rotatable bonds is 2. The molecule has 2 nitrogen and oxygen atoms in total. The van der Waals surface area contributed by atoms with E-state index in [1.165, 1.54) is 0 Å². The SMILES string of the molecule is CP1(=O)C=C(c2ccc(Br)cc2)OC(c2ccc(Br)cc2)=C1. The van der Waals surface area contributed by atoms with Crippen LogP contribution < -0.4 is 0 Å². The summed E-state index contributed by atoms with van der Waals surface area (Å²) in [5, 5.41) is 0. The summed E-state index contributed by atoms with van der Waals surface area (Å²) in [6, 6.07) is 15.5. The predicted molar refractivity (Wildman–Crippen MR) is 98.9 cm³/mol. The summed E-state index contributed by atoms with van der Waals surface area (Å²) in [4.78, 5) is 0. The maximum atomic E-state index is 12.7. The van der Waals surface area contributed by atoms with Gasteiger partial charge in [0.2, 0.25) is 0 Å². The van der Waals surface area contributed by atoms with Crippen LogP contribution in [0, 0.1) is 0 Å². The summed E-state index contributed by atoms with van der Waals surface area (Å²) in [5.74, 6) is 4.72. The lowest BCUT2D eigenvalue weighted by molar-refractivity contribution is 0.469. The standard InChI is InChI=1S/C17H13Br2O2P/c1-22(20)10-16(12-2-6-14(18)7-3-12)21-17(11-22)13-4-8-15(19)9-5-13/h2-11H,1H3. The van der Waals surface area contributed by atoms with Crippen molar-refractivity contribution < 1.29 is 9.30 Å². The minimum atomic E-state index is -2.53. The average molecular weight is 440 g/mol. The highest BCUT2D eigenvalue weighted by Gasteiger charge is 2.22. The van der Waals surface area contributed by atoms with Gasteiger partial charge in [0.15, 0.2) is 0 Å². The van der Waals surface area contributed by atoms with Crippen LogP contribution in [0.5, 0.6) is 0 Å². The molecule has 0 saturated carbocycles. The Kier molecular flexibility index (Phi) is 4.44. The average Bonchev–Trinajstić information content (AvgIpc) is 2.47. The van der Waals surface area contributed by atoms with Crippen LogP contribution in [-0.4, -0.2) is 6.66 Å². The van der Waals surface area contributed by atoms with Crippen molar-refractivity contribution in [3.8, 4) is 0 Å². The zero-order valence-electron chi connectivity index (χ0n) is 11.8. The van der Waals surface area contributed by atoms with Crippen molar-refractivity contribution in [2.45, 2.75) is 0 Å². The molecule has 0 radical (unpaired) electrons. The third-order valence-electron chi connectivity index (χ3n) is 3.22. The quantitative estimate of drug-likeness (QED) is 0.497. The number of benzene rings is 2. The summed E-state index contributed by atoms with van der Waals surface area (Å²) in [7, 11) is -2.53. The molecule has 0 N–H and O–H groups in total. The van der Waals surface area contributed by atoms with Crippen molar-refractivity contribution in [2.75, 3.05) is 6.66 Å². The second kappa shape index (κ2) is 6.19. The van der Waals surface area contributed by atoms with Gasteiger partial charge in [-0.15, -0.1) is 0 Å². The number of hydrogen-bond donors (Lipinski definition) is 0. The molecule has 1 aliphatic rings. The highest BCUT2D eigenvalue weighted by atomic mass is 79.9. The molecule has 2 aromatic rings. The molecule has 22 heavy (non-hydrogen) atoms. The van der Waals surface area contributed by atoms with Gasteiger partial charge in [0.05, 0.1) is 0 Å². The zero-order valence-corrected chi connectivity index (χ0v) is 15.9. The molecule has 0 bridgehead atoms. The summed E-state index contributed by atoms with van der Waals surface area (Å²) in [5.41, 5.74) is 1.82. The van der Waals surface area contributed by atoms with Gasteiger partial charge in [-0.2, -0.15) is 0 Å². The number of ether oxygens (including phenoxy) is 1. The Bertz CT molecular complexity index is 740. The molecule has 0 atom stereocenters. The fourth-order valence-corrected chi connectivity index (χ4v) is 4.11. The van der Waals surface area contributed by atoms with E-state index in [0.717, 1.165) is 20.1 Å². The molecule has 0 fully saturated rings. The Labute approximate surface area is 146 Å². The maximum Gasteiger partial charge on any atom is 0.138 e. The van der Waals surface area contributed by atoms with Gasteiger partial charge in [0.1, 0.15) is 18.7 Å². The van der Waals surface area contributed by atoms with Crippen molar-refractivity contribution in [3.05, 3.63) is 80.2 Å². The number of hydrogen-bond acceptors (Lipinski definition) is 2. The molecule has 1 aliphatic heterocycles. The Morgan fingerprint density at radius 1 is 0.773 bits per heavy atom. The van der Waals surface area contributed by atoms with Crippen LogP contribution in [0.25, 0.3) is 11.5 Å². The Morgan fingerprint density at radius 2 is 1.14 bits per heavy atom. The van der Waals surface area contributed by atoms with Crippen LogP contribution >= 0.6 is 39.0 Å².